The van der Waals surface area contributed by atoms with Gasteiger partial charge in [0.05, 0.1) is 16.3 Å². The Labute approximate surface area is 199 Å². The lowest BCUT2D eigenvalue weighted by Gasteiger charge is -2.16. The van der Waals surface area contributed by atoms with Crippen molar-refractivity contribution < 1.29 is 13.2 Å². The summed E-state index contributed by atoms with van der Waals surface area (Å²) in [4.78, 5) is 12.7. The molecule has 0 radical (unpaired) electrons. The number of halogens is 3. The molecule has 0 saturated carbocycles. The summed E-state index contributed by atoms with van der Waals surface area (Å²) in [5.74, 6) is 0.233. The summed E-state index contributed by atoms with van der Waals surface area (Å²) in [7, 11) is -3.79. The van der Waals surface area contributed by atoms with Crippen molar-refractivity contribution >= 4 is 44.6 Å². The number of ether oxygens (including phenoxy) is 1. The fourth-order valence-corrected chi connectivity index (χ4v) is 4.05. The maximum Gasteiger partial charge on any atom is 0.250 e. The van der Waals surface area contributed by atoms with E-state index >= 15 is 0 Å². The minimum absolute atomic E-state index is 0.00228. The lowest BCUT2D eigenvalue weighted by molar-refractivity contribution is 0.439. The van der Waals surface area contributed by atoms with E-state index in [1.807, 2.05) is 0 Å². The molecule has 6 nitrogen and oxygen atoms in total. The van der Waals surface area contributed by atoms with Gasteiger partial charge in [0, 0.05) is 34.1 Å². The van der Waals surface area contributed by atoms with Gasteiger partial charge in [-0.2, -0.15) is 4.98 Å². The van der Waals surface area contributed by atoms with Gasteiger partial charge in [-0.25, -0.2) is 18.4 Å². The third kappa shape index (κ3) is 4.86. The van der Waals surface area contributed by atoms with Crippen LogP contribution in [-0.4, -0.2) is 29.6 Å². The van der Waals surface area contributed by atoms with Crippen LogP contribution in [0.2, 0.25) is 15.1 Å². The maximum atomic E-state index is 12.4. The molecular formula is C22H14Cl3N3O3S. The van der Waals surface area contributed by atoms with Gasteiger partial charge in [0.15, 0.2) is 0 Å². The van der Waals surface area contributed by atoms with Gasteiger partial charge in [-0.1, -0.05) is 53.0 Å². The third-order valence-corrected chi connectivity index (χ3v) is 5.99. The molecule has 4 rings (SSSR count). The molecule has 0 aliphatic rings. The molecule has 10 heteroatoms. The predicted molar refractivity (Wildman–Crippen MR) is 125 cm³/mol. The third-order valence-electron chi connectivity index (χ3n) is 4.35. The Morgan fingerprint density at radius 3 is 2.22 bits per heavy atom. The molecule has 2 aromatic carbocycles. The van der Waals surface area contributed by atoms with E-state index in [0.29, 0.717) is 26.7 Å². The van der Waals surface area contributed by atoms with Crippen LogP contribution in [0.5, 0.6) is 11.8 Å². The number of benzene rings is 2. The second-order valence-electron chi connectivity index (χ2n) is 6.71. The largest absolute Gasteiger partial charge is 0.420 e. The standard InChI is InChI=1S/C22H14Cl3N3O3S/c1-32(29,30)22-27-20(16-10-9-15(24)12-17(16)25)19(13-5-7-14(23)8-6-13)21(28-22)31-18-4-2-3-11-26-18/h2-12H,1H3. The van der Waals surface area contributed by atoms with Crippen LogP contribution >= 0.6 is 34.8 Å². The van der Waals surface area contributed by atoms with Crippen LogP contribution in [0.1, 0.15) is 0 Å². The van der Waals surface area contributed by atoms with Crippen molar-refractivity contribution in [1.82, 2.24) is 15.0 Å². The van der Waals surface area contributed by atoms with E-state index in [0.717, 1.165) is 6.26 Å². The minimum atomic E-state index is -3.79. The summed E-state index contributed by atoms with van der Waals surface area (Å²) < 4.78 is 30.7. The van der Waals surface area contributed by atoms with Crippen molar-refractivity contribution in [1.29, 1.82) is 0 Å². The first kappa shape index (κ1) is 22.5. The summed E-state index contributed by atoms with van der Waals surface area (Å²) in [5.41, 5.74) is 1.78. The molecule has 32 heavy (non-hydrogen) atoms. The quantitative estimate of drug-likeness (QED) is 0.293. The molecule has 162 valence electrons. The molecule has 2 aromatic heterocycles. The zero-order chi connectivity index (χ0) is 22.9. The maximum absolute atomic E-state index is 12.4. The van der Waals surface area contributed by atoms with Gasteiger partial charge in [-0.15, -0.1) is 0 Å². The molecule has 4 aromatic rings. The first-order valence-electron chi connectivity index (χ1n) is 9.15. The zero-order valence-corrected chi connectivity index (χ0v) is 19.5. The Hall–Kier alpha value is -2.71. The van der Waals surface area contributed by atoms with Gasteiger partial charge >= 0.3 is 0 Å². The summed E-state index contributed by atoms with van der Waals surface area (Å²) in [6.07, 6.45) is 2.56. The Kier molecular flexibility index (Phi) is 6.35. The molecule has 0 N–H and O–H groups in total. The number of sulfone groups is 1. The summed E-state index contributed by atoms with van der Waals surface area (Å²) in [5, 5.41) is 0.826. The van der Waals surface area contributed by atoms with Gasteiger partial charge in [0.2, 0.25) is 21.6 Å². The van der Waals surface area contributed by atoms with Gasteiger partial charge in [-0.05, 0) is 42.0 Å². The van der Waals surface area contributed by atoms with Gasteiger partial charge in [0.1, 0.15) is 0 Å². The second-order valence-corrected chi connectivity index (χ2v) is 9.90. The lowest BCUT2D eigenvalue weighted by Crippen LogP contribution is -2.08. The molecule has 0 aliphatic heterocycles. The molecule has 0 saturated heterocycles. The Balaban J connectivity index is 2.07. The molecule has 0 aliphatic carbocycles. The van der Waals surface area contributed by atoms with Crippen molar-refractivity contribution in [3.8, 4) is 34.1 Å². The lowest BCUT2D eigenvalue weighted by atomic mass is 10.00. The fraction of sp³-hybridized carbons (Fsp3) is 0.0455. The van der Waals surface area contributed by atoms with E-state index in [4.69, 9.17) is 39.5 Å². The molecule has 0 atom stereocenters. The highest BCUT2D eigenvalue weighted by Crippen LogP contribution is 2.42. The molecule has 0 bridgehead atoms. The van der Waals surface area contributed by atoms with E-state index in [1.54, 1.807) is 66.9 Å². The van der Waals surface area contributed by atoms with Gasteiger partial charge < -0.3 is 4.74 Å². The van der Waals surface area contributed by atoms with Crippen LogP contribution in [0, 0.1) is 0 Å². The van der Waals surface area contributed by atoms with Crippen LogP contribution in [0.3, 0.4) is 0 Å². The Morgan fingerprint density at radius 2 is 1.59 bits per heavy atom. The van der Waals surface area contributed by atoms with Crippen LogP contribution in [0.25, 0.3) is 22.4 Å². The molecule has 0 unspecified atom stereocenters. The first-order valence-corrected chi connectivity index (χ1v) is 12.2. The van der Waals surface area contributed by atoms with E-state index < -0.39 is 15.0 Å². The summed E-state index contributed by atoms with van der Waals surface area (Å²) >= 11 is 18.6. The van der Waals surface area contributed by atoms with Crippen molar-refractivity contribution in [2.45, 2.75) is 5.16 Å². The number of aromatic nitrogens is 3. The second kappa shape index (κ2) is 9.03. The summed E-state index contributed by atoms with van der Waals surface area (Å²) in [6, 6.07) is 16.8. The van der Waals surface area contributed by atoms with E-state index in [-0.39, 0.29) is 22.5 Å². The van der Waals surface area contributed by atoms with Crippen molar-refractivity contribution in [3.05, 3.63) is 81.9 Å². The molecular weight excluding hydrogens is 493 g/mol. The number of nitrogens with zero attached hydrogens (tertiary/aromatic N) is 3. The van der Waals surface area contributed by atoms with E-state index in [2.05, 4.69) is 15.0 Å². The fourth-order valence-electron chi connectivity index (χ4n) is 2.92. The highest BCUT2D eigenvalue weighted by Gasteiger charge is 2.25. The molecule has 0 amide bonds. The van der Waals surface area contributed by atoms with Crippen molar-refractivity contribution in [3.63, 3.8) is 0 Å². The van der Waals surface area contributed by atoms with Crippen LogP contribution in [-0.2, 0) is 9.84 Å². The Bertz CT molecular complexity index is 1400. The van der Waals surface area contributed by atoms with Crippen LogP contribution in [0.4, 0.5) is 0 Å². The molecule has 2 heterocycles. The number of hydrogen-bond donors (Lipinski definition) is 0. The topological polar surface area (TPSA) is 82.0 Å². The average molecular weight is 507 g/mol. The minimum Gasteiger partial charge on any atom is -0.420 e. The number of pyridine rings is 1. The SMILES string of the molecule is CS(=O)(=O)c1nc(Oc2ccccn2)c(-c2ccc(Cl)cc2)c(-c2ccc(Cl)cc2Cl)n1. The highest BCUT2D eigenvalue weighted by molar-refractivity contribution is 7.90. The van der Waals surface area contributed by atoms with Crippen LogP contribution in [0.15, 0.2) is 72.0 Å². The predicted octanol–water partition coefficient (Wildman–Crippen LogP) is 6.36. The van der Waals surface area contributed by atoms with Crippen LogP contribution < -0.4 is 4.74 Å². The van der Waals surface area contributed by atoms with Crippen molar-refractivity contribution in [2.75, 3.05) is 6.26 Å². The zero-order valence-electron chi connectivity index (χ0n) is 16.5. The van der Waals surface area contributed by atoms with E-state index in [1.165, 1.54) is 0 Å². The van der Waals surface area contributed by atoms with Crippen molar-refractivity contribution in [2.24, 2.45) is 0 Å². The smallest absolute Gasteiger partial charge is 0.250 e. The average Bonchev–Trinajstić information content (AvgIpc) is 2.74. The monoisotopic (exact) mass is 505 g/mol. The first-order chi connectivity index (χ1) is 15.2. The number of rotatable bonds is 5. The highest BCUT2D eigenvalue weighted by atomic mass is 35.5. The number of hydrogen-bond acceptors (Lipinski definition) is 6. The summed E-state index contributed by atoms with van der Waals surface area (Å²) in [6.45, 7) is 0. The normalized spacial score (nSPS) is 11.4. The van der Waals surface area contributed by atoms with Gasteiger partial charge in [-0.3, -0.25) is 0 Å². The van der Waals surface area contributed by atoms with E-state index in [9.17, 15) is 8.42 Å². The molecule has 0 spiro atoms. The Morgan fingerprint density at radius 1 is 0.875 bits per heavy atom. The van der Waals surface area contributed by atoms with Gasteiger partial charge in [0.25, 0.3) is 5.16 Å². The molecule has 0 fully saturated rings.